The highest BCUT2D eigenvalue weighted by atomic mass is 16.2. The van der Waals surface area contributed by atoms with Gasteiger partial charge in [-0.3, -0.25) is 4.79 Å². The first-order valence-corrected chi connectivity index (χ1v) is 7.68. The van der Waals surface area contributed by atoms with Crippen LogP contribution in [0.4, 0.5) is 0 Å². The number of pyridine rings is 1. The standard InChI is InChI=1S/C17H22N4O/c1-19(2)10-5-7-17(22)21(15-8-9-15)13-14-12-20-11-4-3-6-16(20)18-14/h3-7,11-12,15H,8-10,13H2,1-2H3/b7-5+. The van der Waals surface area contributed by atoms with Crippen molar-refractivity contribution in [3.05, 3.63) is 48.4 Å². The summed E-state index contributed by atoms with van der Waals surface area (Å²) < 4.78 is 1.99. The summed E-state index contributed by atoms with van der Waals surface area (Å²) in [7, 11) is 3.98. The molecule has 2 aromatic rings. The molecule has 5 nitrogen and oxygen atoms in total. The highest BCUT2D eigenvalue weighted by molar-refractivity contribution is 5.88. The molecule has 1 amide bonds. The summed E-state index contributed by atoms with van der Waals surface area (Å²) in [4.78, 5) is 21.0. The number of fused-ring (bicyclic) bond motifs is 1. The fourth-order valence-corrected chi connectivity index (χ4v) is 2.47. The van der Waals surface area contributed by atoms with Gasteiger partial charge in [0.15, 0.2) is 0 Å². The van der Waals surface area contributed by atoms with Gasteiger partial charge in [0, 0.05) is 31.1 Å². The first kappa shape index (κ1) is 14.8. The van der Waals surface area contributed by atoms with Crippen molar-refractivity contribution >= 4 is 11.6 Å². The van der Waals surface area contributed by atoms with E-state index in [0.29, 0.717) is 12.6 Å². The predicted molar refractivity (Wildman–Crippen MR) is 86.5 cm³/mol. The maximum atomic E-state index is 12.4. The Morgan fingerprint density at radius 2 is 2.23 bits per heavy atom. The molecule has 3 rings (SSSR count). The second kappa shape index (κ2) is 6.32. The van der Waals surface area contributed by atoms with Gasteiger partial charge < -0.3 is 14.2 Å². The summed E-state index contributed by atoms with van der Waals surface area (Å²) in [6.45, 7) is 1.36. The van der Waals surface area contributed by atoms with Crippen molar-refractivity contribution in [3.63, 3.8) is 0 Å². The Kier molecular flexibility index (Phi) is 4.24. The molecule has 2 aromatic heterocycles. The van der Waals surface area contributed by atoms with Gasteiger partial charge in [-0.2, -0.15) is 0 Å². The van der Waals surface area contributed by atoms with Gasteiger partial charge in [-0.15, -0.1) is 0 Å². The minimum atomic E-state index is 0.0846. The van der Waals surface area contributed by atoms with Crippen LogP contribution < -0.4 is 0 Å². The van der Waals surface area contributed by atoms with Crippen LogP contribution in [-0.2, 0) is 11.3 Å². The molecule has 1 aliphatic rings. The second-order valence-corrected chi connectivity index (χ2v) is 6.06. The summed E-state index contributed by atoms with van der Waals surface area (Å²) in [5.74, 6) is 0.0846. The SMILES string of the molecule is CN(C)C/C=C/C(=O)N(Cc1cn2ccccc2n1)C1CC1. The van der Waals surface area contributed by atoms with Crippen LogP contribution in [-0.4, -0.2) is 51.8 Å². The van der Waals surface area contributed by atoms with Crippen LogP contribution in [0.25, 0.3) is 5.65 Å². The molecule has 0 saturated heterocycles. The van der Waals surface area contributed by atoms with Gasteiger partial charge in [-0.1, -0.05) is 12.1 Å². The molecule has 0 bridgehead atoms. The largest absolute Gasteiger partial charge is 0.330 e. The smallest absolute Gasteiger partial charge is 0.246 e. The van der Waals surface area contributed by atoms with Crippen molar-refractivity contribution < 1.29 is 4.79 Å². The van der Waals surface area contributed by atoms with E-state index in [-0.39, 0.29) is 5.91 Å². The Hall–Kier alpha value is -2.14. The summed E-state index contributed by atoms with van der Waals surface area (Å²) >= 11 is 0. The summed E-state index contributed by atoms with van der Waals surface area (Å²) in [5.41, 5.74) is 1.86. The number of hydrogen-bond acceptors (Lipinski definition) is 3. The van der Waals surface area contributed by atoms with Crippen LogP contribution in [0.2, 0.25) is 0 Å². The number of carbonyl (C=O) groups excluding carboxylic acids is 1. The van der Waals surface area contributed by atoms with Crippen molar-refractivity contribution in [1.29, 1.82) is 0 Å². The number of hydrogen-bond donors (Lipinski definition) is 0. The second-order valence-electron chi connectivity index (χ2n) is 6.06. The van der Waals surface area contributed by atoms with Gasteiger partial charge in [-0.05, 0) is 39.1 Å². The molecule has 0 unspecified atom stereocenters. The summed E-state index contributed by atoms with van der Waals surface area (Å²) in [5, 5.41) is 0. The molecule has 5 heteroatoms. The van der Waals surface area contributed by atoms with E-state index in [9.17, 15) is 4.79 Å². The first-order chi connectivity index (χ1) is 10.6. The Morgan fingerprint density at radius 3 is 2.91 bits per heavy atom. The third-order valence-electron chi connectivity index (χ3n) is 3.75. The number of amides is 1. The van der Waals surface area contributed by atoms with Gasteiger partial charge in [0.05, 0.1) is 12.2 Å². The fourth-order valence-electron chi connectivity index (χ4n) is 2.47. The van der Waals surface area contributed by atoms with Crippen molar-refractivity contribution in [3.8, 4) is 0 Å². The number of rotatable bonds is 6. The van der Waals surface area contributed by atoms with Gasteiger partial charge >= 0.3 is 0 Å². The highest BCUT2D eigenvalue weighted by Gasteiger charge is 2.32. The molecular formula is C17H22N4O. The summed E-state index contributed by atoms with van der Waals surface area (Å²) in [6.07, 6.45) is 9.78. The molecule has 0 spiro atoms. The van der Waals surface area contributed by atoms with Crippen molar-refractivity contribution in [2.45, 2.75) is 25.4 Å². The average Bonchev–Trinajstić information content (AvgIpc) is 3.23. The molecular weight excluding hydrogens is 276 g/mol. The van der Waals surface area contributed by atoms with E-state index < -0.39 is 0 Å². The van der Waals surface area contributed by atoms with Crippen molar-refractivity contribution in [1.82, 2.24) is 19.2 Å². The zero-order valence-corrected chi connectivity index (χ0v) is 13.1. The molecule has 2 heterocycles. The van der Waals surface area contributed by atoms with E-state index in [2.05, 4.69) is 4.98 Å². The Morgan fingerprint density at radius 1 is 1.41 bits per heavy atom. The van der Waals surface area contributed by atoms with Crippen LogP contribution in [0.1, 0.15) is 18.5 Å². The van der Waals surface area contributed by atoms with E-state index in [0.717, 1.165) is 30.7 Å². The quantitative estimate of drug-likeness (QED) is 0.765. The summed E-state index contributed by atoms with van der Waals surface area (Å²) in [6, 6.07) is 6.30. The maximum Gasteiger partial charge on any atom is 0.246 e. The zero-order chi connectivity index (χ0) is 15.5. The first-order valence-electron chi connectivity index (χ1n) is 7.68. The molecule has 116 valence electrons. The molecule has 22 heavy (non-hydrogen) atoms. The molecule has 0 aromatic carbocycles. The lowest BCUT2D eigenvalue weighted by Crippen LogP contribution is -2.31. The Labute approximate surface area is 130 Å². The van der Waals surface area contributed by atoms with Crippen LogP contribution in [0.15, 0.2) is 42.7 Å². The third-order valence-corrected chi connectivity index (χ3v) is 3.75. The van der Waals surface area contributed by atoms with Crippen molar-refractivity contribution in [2.75, 3.05) is 20.6 Å². The van der Waals surface area contributed by atoms with Gasteiger partial charge in [-0.25, -0.2) is 4.98 Å². The maximum absolute atomic E-state index is 12.4. The van der Waals surface area contributed by atoms with Gasteiger partial charge in [0.1, 0.15) is 5.65 Å². The topological polar surface area (TPSA) is 40.9 Å². The molecule has 0 aliphatic heterocycles. The number of carbonyl (C=O) groups is 1. The molecule has 1 fully saturated rings. The van der Waals surface area contributed by atoms with Crippen LogP contribution >= 0.6 is 0 Å². The minimum Gasteiger partial charge on any atom is -0.330 e. The molecule has 1 saturated carbocycles. The molecule has 0 atom stereocenters. The minimum absolute atomic E-state index is 0.0846. The predicted octanol–water partition coefficient (Wildman–Crippen LogP) is 1.94. The van der Waals surface area contributed by atoms with Crippen LogP contribution in [0.5, 0.6) is 0 Å². The normalized spacial score (nSPS) is 15.0. The van der Waals surface area contributed by atoms with E-state index >= 15 is 0 Å². The number of likely N-dealkylation sites (N-methyl/N-ethyl adjacent to an activating group) is 1. The monoisotopic (exact) mass is 298 g/mol. The Balaban J connectivity index is 1.71. The van der Waals surface area contributed by atoms with Crippen LogP contribution in [0.3, 0.4) is 0 Å². The van der Waals surface area contributed by atoms with Gasteiger partial charge in [0.25, 0.3) is 0 Å². The van der Waals surface area contributed by atoms with E-state index in [1.54, 1.807) is 6.08 Å². The number of imidazole rings is 1. The zero-order valence-electron chi connectivity index (χ0n) is 13.1. The van der Waals surface area contributed by atoms with Gasteiger partial charge in [0.2, 0.25) is 5.91 Å². The third kappa shape index (κ3) is 3.54. The molecule has 1 aliphatic carbocycles. The number of nitrogens with zero attached hydrogens (tertiary/aromatic N) is 4. The van der Waals surface area contributed by atoms with Crippen molar-refractivity contribution in [2.24, 2.45) is 0 Å². The lowest BCUT2D eigenvalue weighted by molar-refractivity contribution is -0.127. The molecule has 0 N–H and O–H groups in total. The number of aromatic nitrogens is 2. The van der Waals surface area contributed by atoms with E-state index in [4.69, 9.17) is 0 Å². The Bertz CT molecular complexity index is 652. The van der Waals surface area contributed by atoms with E-state index in [1.807, 2.05) is 65.0 Å². The lowest BCUT2D eigenvalue weighted by atomic mass is 10.3. The lowest BCUT2D eigenvalue weighted by Gasteiger charge is -2.19. The molecule has 0 radical (unpaired) electrons. The van der Waals surface area contributed by atoms with Crippen LogP contribution in [0, 0.1) is 0 Å². The van der Waals surface area contributed by atoms with E-state index in [1.165, 1.54) is 0 Å². The average molecular weight is 298 g/mol. The fraction of sp³-hybridized carbons (Fsp3) is 0.412. The highest BCUT2D eigenvalue weighted by Crippen LogP contribution is 2.28.